The maximum Gasteiger partial charge on any atom is 0.163 e. The summed E-state index contributed by atoms with van der Waals surface area (Å²) in [6.07, 6.45) is 1.97. The molecule has 0 aliphatic heterocycles. The number of anilines is 1. The molecule has 0 aliphatic rings. The standard InChI is InChI=1S/C15H16BrClIN3/c1-3-5-12-13(18)15(19-4-2)21-14(20-12)10-8-9(16)6-7-11(10)17/h6-8H,3-5H2,1-2H3,(H,19,20,21). The predicted molar refractivity (Wildman–Crippen MR) is 101 cm³/mol. The third-order valence-electron chi connectivity index (χ3n) is 2.92. The summed E-state index contributed by atoms with van der Waals surface area (Å²) >= 11 is 12.1. The predicted octanol–water partition coefficient (Wildman–Crippen LogP) is 5.55. The van der Waals surface area contributed by atoms with Gasteiger partial charge in [0.2, 0.25) is 0 Å². The minimum absolute atomic E-state index is 0.657. The van der Waals surface area contributed by atoms with Gasteiger partial charge in [0.05, 0.1) is 14.3 Å². The Bertz CT molecular complexity index is 622. The second-order valence-corrected chi connectivity index (χ2v) is 6.96. The lowest BCUT2D eigenvalue weighted by Gasteiger charge is -2.13. The van der Waals surface area contributed by atoms with Gasteiger partial charge < -0.3 is 5.32 Å². The van der Waals surface area contributed by atoms with Crippen molar-refractivity contribution in [3.63, 3.8) is 0 Å². The van der Waals surface area contributed by atoms with Crippen LogP contribution in [0.2, 0.25) is 5.02 Å². The van der Waals surface area contributed by atoms with Crippen LogP contribution in [0.1, 0.15) is 26.0 Å². The van der Waals surface area contributed by atoms with Crippen molar-refractivity contribution >= 4 is 55.9 Å². The molecule has 6 heteroatoms. The van der Waals surface area contributed by atoms with Crippen LogP contribution in [0.5, 0.6) is 0 Å². The van der Waals surface area contributed by atoms with E-state index in [1.165, 1.54) is 0 Å². The normalized spacial score (nSPS) is 10.7. The van der Waals surface area contributed by atoms with Gasteiger partial charge in [-0.25, -0.2) is 9.97 Å². The maximum atomic E-state index is 6.31. The number of aryl methyl sites for hydroxylation is 1. The van der Waals surface area contributed by atoms with Crippen LogP contribution in [-0.4, -0.2) is 16.5 Å². The number of nitrogens with one attached hydrogen (secondary N) is 1. The third-order valence-corrected chi connectivity index (χ3v) is 4.88. The molecule has 0 radical (unpaired) electrons. The van der Waals surface area contributed by atoms with Crippen molar-refractivity contribution in [1.82, 2.24) is 9.97 Å². The molecule has 3 nitrogen and oxygen atoms in total. The van der Waals surface area contributed by atoms with Crippen molar-refractivity contribution < 1.29 is 0 Å². The van der Waals surface area contributed by atoms with Gasteiger partial charge in [-0.15, -0.1) is 0 Å². The summed E-state index contributed by atoms with van der Waals surface area (Å²) in [5.74, 6) is 1.55. The largest absolute Gasteiger partial charge is 0.369 e. The molecule has 0 bridgehead atoms. The highest BCUT2D eigenvalue weighted by molar-refractivity contribution is 14.1. The Morgan fingerprint density at radius 2 is 2.05 bits per heavy atom. The number of aromatic nitrogens is 2. The van der Waals surface area contributed by atoms with Gasteiger partial charge in [0.15, 0.2) is 5.82 Å². The summed E-state index contributed by atoms with van der Waals surface area (Å²) in [6.45, 7) is 5.03. The van der Waals surface area contributed by atoms with Crippen molar-refractivity contribution in [2.75, 3.05) is 11.9 Å². The van der Waals surface area contributed by atoms with Crippen LogP contribution in [0.25, 0.3) is 11.4 Å². The minimum atomic E-state index is 0.657. The Kier molecular flexibility index (Phi) is 6.25. The van der Waals surface area contributed by atoms with Crippen LogP contribution in [0.15, 0.2) is 22.7 Å². The van der Waals surface area contributed by atoms with Crippen LogP contribution in [0, 0.1) is 3.57 Å². The summed E-state index contributed by atoms with van der Waals surface area (Å²) in [6, 6.07) is 5.72. The molecule has 0 saturated heterocycles. The van der Waals surface area contributed by atoms with Crippen LogP contribution in [0.3, 0.4) is 0 Å². The molecule has 0 aliphatic carbocycles. The summed E-state index contributed by atoms with van der Waals surface area (Å²) in [5, 5.41) is 3.96. The second-order valence-electron chi connectivity index (χ2n) is 4.56. The zero-order valence-corrected chi connectivity index (χ0v) is 16.4. The van der Waals surface area contributed by atoms with E-state index in [0.717, 1.165) is 44.5 Å². The molecular formula is C15H16BrClIN3. The lowest BCUT2D eigenvalue weighted by molar-refractivity contribution is 0.867. The molecule has 0 atom stereocenters. The lowest BCUT2D eigenvalue weighted by Crippen LogP contribution is -2.08. The second kappa shape index (κ2) is 7.74. The topological polar surface area (TPSA) is 37.8 Å². The Balaban J connectivity index is 2.59. The summed E-state index contributed by atoms with van der Waals surface area (Å²) in [7, 11) is 0. The summed E-state index contributed by atoms with van der Waals surface area (Å²) in [4.78, 5) is 9.36. The van der Waals surface area contributed by atoms with E-state index in [-0.39, 0.29) is 0 Å². The highest BCUT2D eigenvalue weighted by Gasteiger charge is 2.14. The van der Waals surface area contributed by atoms with E-state index in [1.54, 1.807) is 0 Å². The maximum absolute atomic E-state index is 6.31. The Morgan fingerprint density at radius 3 is 2.71 bits per heavy atom. The van der Waals surface area contributed by atoms with Gasteiger partial charge in [0.1, 0.15) is 5.82 Å². The fraction of sp³-hybridized carbons (Fsp3) is 0.333. The molecule has 0 unspecified atom stereocenters. The fourth-order valence-electron chi connectivity index (χ4n) is 1.97. The van der Waals surface area contributed by atoms with Gasteiger partial charge in [-0.05, 0) is 54.1 Å². The van der Waals surface area contributed by atoms with Crippen LogP contribution in [0.4, 0.5) is 5.82 Å². The van der Waals surface area contributed by atoms with Crippen molar-refractivity contribution in [3.8, 4) is 11.4 Å². The van der Waals surface area contributed by atoms with Crippen molar-refractivity contribution in [2.24, 2.45) is 0 Å². The molecule has 2 aromatic rings. The molecule has 1 aromatic heterocycles. The van der Waals surface area contributed by atoms with Gasteiger partial charge in [0, 0.05) is 16.6 Å². The number of hydrogen-bond donors (Lipinski definition) is 1. The van der Waals surface area contributed by atoms with E-state index in [4.69, 9.17) is 16.6 Å². The average molecular weight is 481 g/mol. The molecule has 1 heterocycles. The summed E-state index contributed by atoms with van der Waals surface area (Å²) in [5.41, 5.74) is 1.91. The van der Waals surface area contributed by atoms with E-state index in [0.29, 0.717) is 10.8 Å². The van der Waals surface area contributed by atoms with Gasteiger partial charge in [-0.1, -0.05) is 40.9 Å². The van der Waals surface area contributed by atoms with E-state index in [1.807, 2.05) is 18.2 Å². The first-order chi connectivity index (χ1) is 10.1. The zero-order valence-electron chi connectivity index (χ0n) is 11.9. The Morgan fingerprint density at radius 1 is 1.29 bits per heavy atom. The SMILES string of the molecule is CCCc1nc(-c2cc(Br)ccc2Cl)nc(NCC)c1I. The van der Waals surface area contributed by atoms with E-state index in [9.17, 15) is 0 Å². The first kappa shape index (κ1) is 17.0. The molecular weight excluding hydrogens is 464 g/mol. The lowest BCUT2D eigenvalue weighted by atomic mass is 10.2. The minimum Gasteiger partial charge on any atom is -0.369 e. The molecule has 112 valence electrons. The van der Waals surface area contributed by atoms with Crippen molar-refractivity contribution in [3.05, 3.63) is 37.0 Å². The molecule has 0 saturated carbocycles. The third kappa shape index (κ3) is 4.07. The first-order valence-electron chi connectivity index (χ1n) is 6.82. The number of halogens is 3. The average Bonchev–Trinajstić information content (AvgIpc) is 2.46. The number of hydrogen-bond acceptors (Lipinski definition) is 3. The zero-order chi connectivity index (χ0) is 15.4. The van der Waals surface area contributed by atoms with E-state index in [2.05, 4.69) is 62.7 Å². The molecule has 0 fully saturated rings. The van der Waals surface area contributed by atoms with Crippen LogP contribution < -0.4 is 5.32 Å². The van der Waals surface area contributed by atoms with Crippen molar-refractivity contribution in [2.45, 2.75) is 26.7 Å². The van der Waals surface area contributed by atoms with Gasteiger partial charge >= 0.3 is 0 Å². The fourth-order valence-corrected chi connectivity index (χ4v) is 3.23. The number of benzene rings is 1. The molecule has 2 rings (SSSR count). The first-order valence-corrected chi connectivity index (χ1v) is 9.07. The van der Waals surface area contributed by atoms with E-state index < -0.39 is 0 Å². The smallest absolute Gasteiger partial charge is 0.163 e. The highest BCUT2D eigenvalue weighted by atomic mass is 127. The molecule has 1 N–H and O–H groups in total. The quantitative estimate of drug-likeness (QED) is 0.571. The molecule has 0 amide bonds. The summed E-state index contributed by atoms with van der Waals surface area (Å²) < 4.78 is 2.05. The number of nitrogens with zero attached hydrogens (tertiary/aromatic N) is 2. The molecule has 21 heavy (non-hydrogen) atoms. The highest BCUT2D eigenvalue weighted by Crippen LogP contribution is 2.31. The van der Waals surface area contributed by atoms with Crippen LogP contribution >= 0.6 is 50.1 Å². The van der Waals surface area contributed by atoms with Gasteiger partial charge in [-0.3, -0.25) is 0 Å². The number of rotatable bonds is 5. The Labute approximate surface area is 152 Å². The van der Waals surface area contributed by atoms with Crippen molar-refractivity contribution in [1.29, 1.82) is 0 Å². The Hall–Kier alpha value is -0.400. The molecule has 0 spiro atoms. The molecule has 1 aromatic carbocycles. The van der Waals surface area contributed by atoms with Gasteiger partial charge in [-0.2, -0.15) is 0 Å². The van der Waals surface area contributed by atoms with E-state index >= 15 is 0 Å². The monoisotopic (exact) mass is 479 g/mol. The van der Waals surface area contributed by atoms with Gasteiger partial charge in [0.25, 0.3) is 0 Å². The van der Waals surface area contributed by atoms with Crippen LogP contribution in [-0.2, 0) is 6.42 Å².